The third kappa shape index (κ3) is 3.25. The summed E-state index contributed by atoms with van der Waals surface area (Å²) in [6.07, 6.45) is 12.3. The molecule has 3 nitrogen and oxygen atoms in total. The maximum atomic E-state index is 4.75. The topological polar surface area (TPSA) is 29.9 Å². The Morgan fingerprint density at radius 3 is 2.75 bits per heavy atom. The minimum absolute atomic E-state index is 0.932. The first kappa shape index (κ1) is 14.1. The van der Waals surface area contributed by atoms with Crippen LogP contribution in [0, 0.1) is 12.8 Å². The van der Waals surface area contributed by atoms with Gasteiger partial charge in [0.2, 0.25) is 0 Å². The molecule has 0 bridgehead atoms. The van der Waals surface area contributed by atoms with Crippen LogP contribution in [0.25, 0.3) is 0 Å². The number of imidazole rings is 1. The van der Waals surface area contributed by atoms with Crippen LogP contribution >= 0.6 is 0 Å². The molecule has 0 radical (unpaired) electrons. The van der Waals surface area contributed by atoms with Gasteiger partial charge in [0, 0.05) is 18.8 Å². The monoisotopic (exact) mass is 275 g/mol. The number of aryl methyl sites for hydroxylation is 2. The van der Waals surface area contributed by atoms with E-state index < -0.39 is 0 Å². The lowest BCUT2D eigenvalue weighted by molar-refractivity contribution is 0.340. The SMILES string of the molecule is Cc1nc2c(n1CCNCC1CCCCC1)CCCC2. The van der Waals surface area contributed by atoms with Gasteiger partial charge in [0.05, 0.1) is 5.69 Å². The van der Waals surface area contributed by atoms with Gasteiger partial charge in [-0.1, -0.05) is 19.3 Å². The molecule has 1 saturated carbocycles. The van der Waals surface area contributed by atoms with E-state index in [1.165, 1.54) is 81.5 Å². The van der Waals surface area contributed by atoms with Gasteiger partial charge in [-0.25, -0.2) is 4.98 Å². The highest BCUT2D eigenvalue weighted by Crippen LogP contribution is 2.23. The minimum Gasteiger partial charge on any atom is -0.331 e. The summed E-state index contributed by atoms with van der Waals surface area (Å²) >= 11 is 0. The van der Waals surface area contributed by atoms with Crippen LogP contribution in [0.1, 0.15) is 62.2 Å². The van der Waals surface area contributed by atoms with Crippen LogP contribution in [0.15, 0.2) is 0 Å². The number of fused-ring (bicyclic) bond motifs is 1. The van der Waals surface area contributed by atoms with Crippen molar-refractivity contribution in [2.45, 2.75) is 71.3 Å². The van der Waals surface area contributed by atoms with Crippen molar-refractivity contribution in [2.24, 2.45) is 5.92 Å². The van der Waals surface area contributed by atoms with Crippen molar-refractivity contribution in [1.29, 1.82) is 0 Å². The summed E-state index contributed by atoms with van der Waals surface area (Å²) in [6, 6.07) is 0. The molecule has 112 valence electrons. The zero-order valence-electron chi connectivity index (χ0n) is 13.0. The van der Waals surface area contributed by atoms with Crippen molar-refractivity contribution in [1.82, 2.24) is 14.9 Å². The van der Waals surface area contributed by atoms with Crippen LogP contribution in [-0.4, -0.2) is 22.6 Å². The maximum absolute atomic E-state index is 4.75. The highest BCUT2D eigenvalue weighted by molar-refractivity contribution is 5.19. The van der Waals surface area contributed by atoms with Gasteiger partial charge < -0.3 is 9.88 Å². The standard InChI is InChI=1S/C17H29N3/c1-14-19-16-9-5-6-10-17(16)20(14)12-11-18-13-15-7-3-2-4-8-15/h15,18H,2-13H2,1H3. The Kier molecular flexibility index (Phi) is 4.77. The first-order valence-corrected chi connectivity index (χ1v) is 8.60. The van der Waals surface area contributed by atoms with Crippen molar-refractivity contribution in [3.63, 3.8) is 0 Å². The first-order valence-electron chi connectivity index (χ1n) is 8.60. The molecular formula is C17H29N3. The molecule has 3 heteroatoms. The third-order valence-corrected chi connectivity index (χ3v) is 5.09. The zero-order valence-corrected chi connectivity index (χ0v) is 13.0. The fraction of sp³-hybridized carbons (Fsp3) is 0.824. The van der Waals surface area contributed by atoms with Gasteiger partial charge in [0.1, 0.15) is 5.82 Å². The number of aromatic nitrogens is 2. The Balaban J connectivity index is 1.47. The second-order valence-electron chi connectivity index (χ2n) is 6.62. The van der Waals surface area contributed by atoms with E-state index in [-0.39, 0.29) is 0 Å². The van der Waals surface area contributed by atoms with E-state index in [1.54, 1.807) is 0 Å². The van der Waals surface area contributed by atoms with Crippen molar-refractivity contribution in [2.75, 3.05) is 13.1 Å². The number of hydrogen-bond donors (Lipinski definition) is 1. The summed E-state index contributed by atoms with van der Waals surface area (Å²) in [4.78, 5) is 4.75. The molecule has 2 aliphatic carbocycles. The lowest BCUT2D eigenvalue weighted by Gasteiger charge is -2.22. The van der Waals surface area contributed by atoms with E-state index in [9.17, 15) is 0 Å². The van der Waals surface area contributed by atoms with Gasteiger partial charge in [0.15, 0.2) is 0 Å². The van der Waals surface area contributed by atoms with E-state index >= 15 is 0 Å². The smallest absolute Gasteiger partial charge is 0.106 e. The highest BCUT2D eigenvalue weighted by atomic mass is 15.1. The molecule has 0 amide bonds. The van der Waals surface area contributed by atoms with E-state index in [4.69, 9.17) is 4.98 Å². The molecule has 1 N–H and O–H groups in total. The highest BCUT2D eigenvalue weighted by Gasteiger charge is 2.17. The third-order valence-electron chi connectivity index (χ3n) is 5.09. The summed E-state index contributed by atoms with van der Waals surface area (Å²) < 4.78 is 2.46. The lowest BCUT2D eigenvalue weighted by atomic mass is 9.89. The summed E-state index contributed by atoms with van der Waals surface area (Å²) in [5.74, 6) is 2.15. The molecule has 0 saturated heterocycles. The fourth-order valence-electron chi connectivity index (χ4n) is 3.92. The van der Waals surface area contributed by atoms with E-state index in [0.717, 1.165) is 19.0 Å². The number of nitrogens with zero attached hydrogens (tertiary/aromatic N) is 2. The molecule has 0 aromatic carbocycles. The molecular weight excluding hydrogens is 246 g/mol. The molecule has 1 heterocycles. The van der Waals surface area contributed by atoms with E-state index in [0.29, 0.717) is 0 Å². The van der Waals surface area contributed by atoms with E-state index in [2.05, 4.69) is 16.8 Å². The molecule has 20 heavy (non-hydrogen) atoms. The largest absolute Gasteiger partial charge is 0.331 e. The zero-order chi connectivity index (χ0) is 13.8. The number of nitrogens with one attached hydrogen (secondary N) is 1. The molecule has 0 atom stereocenters. The molecule has 0 unspecified atom stereocenters. The number of hydrogen-bond acceptors (Lipinski definition) is 2. The van der Waals surface area contributed by atoms with Gasteiger partial charge in [0.25, 0.3) is 0 Å². The Morgan fingerprint density at radius 2 is 1.90 bits per heavy atom. The molecule has 2 aliphatic rings. The maximum Gasteiger partial charge on any atom is 0.106 e. The quantitative estimate of drug-likeness (QED) is 0.836. The van der Waals surface area contributed by atoms with Gasteiger partial charge in [-0.2, -0.15) is 0 Å². The van der Waals surface area contributed by atoms with Crippen molar-refractivity contribution < 1.29 is 0 Å². The van der Waals surface area contributed by atoms with Crippen LogP contribution in [0.2, 0.25) is 0 Å². The Bertz CT molecular complexity index is 430. The second-order valence-corrected chi connectivity index (χ2v) is 6.62. The molecule has 1 aromatic rings. The van der Waals surface area contributed by atoms with Gasteiger partial charge >= 0.3 is 0 Å². The number of rotatable bonds is 5. The van der Waals surface area contributed by atoms with Crippen molar-refractivity contribution >= 4 is 0 Å². The predicted molar refractivity (Wildman–Crippen MR) is 83.1 cm³/mol. The average Bonchev–Trinajstić information content (AvgIpc) is 2.80. The van der Waals surface area contributed by atoms with Crippen LogP contribution in [0.3, 0.4) is 0 Å². The van der Waals surface area contributed by atoms with Crippen LogP contribution in [0.5, 0.6) is 0 Å². The summed E-state index contributed by atoms with van der Waals surface area (Å²) in [5.41, 5.74) is 2.90. The summed E-state index contributed by atoms with van der Waals surface area (Å²) in [5, 5.41) is 3.68. The van der Waals surface area contributed by atoms with Gasteiger partial charge in [-0.3, -0.25) is 0 Å². The molecule has 0 aliphatic heterocycles. The van der Waals surface area contributed by atoms with Crippen LogP contribution in [-0.2, 0) is 19.4 Å². The van der Waals surface area contributed by atoms with Crippen LogP contribution < -0.4 is 5.32 Å². The van der Waals surface area contributed by atoms with E-state index in [1.807, 2.05) is 0 Å². The summed E-state index contributed by atoms with van der Waals surface area (Å²) in [7, 11) is 0. The van der Waals surface area contributed by atoms with Crippen LogP contribution in [0.4, 0.5) is 0 Å². The molecule has 0 spiro atoms. The first-order chi connectivity index (χ1) is 9.84. The molecule has 1 aromatic heterocycles. The molecule has 3 rings (SSSR count). The van der Waals surface area contributed by atoms with Gasteiger partial charge in [-0.05, 0) is 57.9 Å². The lowest BCUT2D eigenvalue weighted by Crippen LogP contribution is -2.28. The second kappa shape index (κ2) is 6.75. The normalized spacial score (nSPS) is 20.1. The fourth-order valence-corrected chi connectivity index (χ4v) is 3.92. The summed E-state index contributed by atoms with van der Waals surface area (Å²) in [6.45, 7) is 5.58. The van der Waals surface area contributed by atoms with Crippen molar-refractivity contribution in [3.05, 3.63) is 17.2 Å². The molecule has 1 fully saturated rings. The van der Waals surface area contributed by atoms with Crippen molar-refractivity contribution in [3.8, 4) is 0 Å². The average molecular weight is 275 g/mol. The van der Waals surface area contributed by atoms with Gasteiger partial charge in [-0.15, -0.1) is 0 Å². The Labute approximate surface area is 123 Å². The minimum atomic E-state index is 0.932. The Morgan fingerprint density at radius 1 is 1.10 bits per heavy atom. The Hall–Kier alpha value is -0.830. The predicted octanol–water partition coefficient (Wildman–Crippen LogP) is 3.24.